The van der Waals surface area contributed by atoms with Crippen molar-refractivity contribution in [2.24, 2.45) is 10.7 Å². The maximum absolute atomic E-state index is 11.9. The highest BCUT2D eigenvalue weighted by Gasteiger charge is 2.19. The van der Waals surface area contributed by atoms with E-state index in [-0.39, 0.29) is 66.0 Å². The summed E-state index contributed by atoms with van der Waals surface area (Å²) < 4.78 is 140. The van der Waals surface area contributed by atoms with E-state index < -0.39 is 76.0 Å². The summed E-state index contributed by atoms with van der Waals surface area (Å²) in [5.41, 5.74) is 11.5. The van der Waals surface area contributed by atoms with Gasteiger partial charge in [0, 0.05) is 147 Å². The summed E-state index contributed by atoms with van der Waals surface area (Å²) in [5, 5.41) is 9.56. The molecule has 10 nitrogen and oxygen atoms in total. The predicted molar refractivity (Wildman–Crippen MR) is 322 cm³/mol. The fourth-order valence-corrected chi connectivity index (χ4v) is 7.62. The fourth-order valence-electron chi connectivity index (χ4n) is 6.75. The van der Waals surface area contributed by atoms with E-state index >= 15 is 0 Å². The van der Waals surface area contributed by atoms with Crippen LogP contribution >= 0.6 is 34.8 Å². The molecule has 5 aliphatic rings. The Balaban J connectivity index is 0.00000110. The number of aliphatic hydroxyl groups is 1. The first-order chi connectivity index (χ1) is 41.9. The number of allylic oxidation sites excluding steroid dienone is 1. The molecule has 5 aliphatic heterocycles. The van der Waals surface area contributed by atoms with Gasteiger partial charge in [-0.15, -0.1) is 6.58 Å². The van der Waals surface area contributed by atoms with E-state index in [1.54, 1.807) is 30.3 Å². The Morgan fingerprint density at radius 1 is 0.689 bits per heavy atom. The van der Waals surface area contributed by atoms with Gasteiger partial charge in [-0.1, -0.05) is 197 Å². The Bertz CT molecular complexity index is 2770. The fraction of sp³-hybridized carbons (Fsp3) is 0.517. The normalized spacial score (nSPS) is 26.0. The molecule has 5 N–H and O–H groups in total. The molecule has 9 rings (SSSR count). The standard InChI is InChI=1S/C12H17NO.2C12H15NO.C8H14N2.C7H9N.C6H14Si.CHCl3.2CH4.H2O/c3*14-12-6-8-13(9-7-12)10-11-4-2-1-3-5-11;1-2-6-10-7-3-5-9-8(10)4-1;8-6-7-4-2-1-3-5-7;1-5-6-7(2,3)4;2-1(3)4;;;/h1-5,12,14H,6-10H2;2*1-5H,6-10H2;1-7H2;1-5H,6,8H2;5H,1,6H2,2-4H3;1H;2*1H4;1H2/i8D2,9D2;6D2,7D2,8D2,9D2;8D2,9D2;;;;1D;;;/hD2. The van der Waals surface area contributed by atoms with Crippen LogP contribution in [-0.4, -0.2) is 128 Å². The SMILES string of the molecule is C.C.C1CCN2CCCN=C2C1.C=CC[Si](C)(C)C.NCc1ccccc1.[2H]C(Cl)(Cl)Cl.[2H]C1([2H])C(=O)C([2H])([2H])C([2H])([2H])N(Cc2ccccc2)C1([2H])[2H].[2H]C1([2H])CC(=O)CC([2H])([2H])N1Cc1ccccc1.[2H]C1([2H])CC(O)CC([2H])([2H])N1Cc1ccccc1.[2H]O[2H]. The van der Waals surface area contributed by atoms with Gasteiger partial charge in [0.15, 0.2) is 4.27 Å². The van der Waals surface area contributed by atoms with E-state index in [9.17, 15) is 14.7 Å². The lowest BCUT2D eigenvalue weighted by Crippen LogP contribution is -2.39. The van der Waals surface area contributed by atoms with E-state index in [1.807, 2.05) is 97.1 Å². The highest BCUT2D eigenvalue weighted by Crippen LogP contribution is 2.17. The van der Waals surface area contributed by atoms with E-state index in [4.69, 9.17) is 66.7 Å². The first-order valence-corrected chi connectivity index (χ1v) is 28.7. The summed E-state index contributed by atoms with van der Waals surface area (Å²) in [6.07, 6.45) is -0.628. The second-order valence-electron chi connectivity index (χ2n) is 17.7. The largest absolute Gasteiger partial charge is 0.412 e. The highest BCUT2D eigenvalue weighted by atomic mass is 35.6. The molecule has 0 aromatic heterocycles. The molecule has 0 amide bonds. The summed E-state index contributed by atoms with van der Waals surface area (Å²) in [7, 11) is -0.775. The summed E-state index contributed by atoms with van der Waals surface area (Å²) in [5.74, 6) is -0.703. The molecule has 4 saturated heterocycles. The third kappa shape index (κ3) is 34.8. The maximum Gasteiger partial charge on any atom is 0.206 e. The van der Waals surface area contributed by atoms with Gasteiger partial charge in [-0.05, 0) is 60.4 Å². The van der Waals surface area contributed by atoms with Crippen LogP contribution in [0.5, 0.6) is 0 Å². The van der Waals surface area contributed by atoms with Gasteiger partial charge < -0.3 is 21.2 Å². The van der Waals surface area contributed by atoms with E-state index in [1.165, 1.54) is 61.1 Å². The van der Waals surface area contributed by atoms with E-state index in [2.05, 4.69) is 41.6 Å². The van der Waals surface area contributed by atoms with Crippen LogP contribution in [0.15, 0.2) is 139 Å². The number of Topliss-reactive ketones (excluding diaryl/α,β-unsaturated/α-hetero) is 2. The number of nitrogens with two attached hydrogens (primary N) is 1. The van der Waals surface area contributed by atoms with Gasteiger partial charge in [-0.25, -0.2) is 0 Å². The van der Waals surface area contributed by atoms with Crippen molar-refractivity contribution in [2.45, 2.75) is 141 Å². The lowest BCUT2D eigenvalue weighted by Gasteiger charge is -2.32. The topological polar surface area (TPSA) is 137 Å². The lowest BCUT2D eigenvalue weighted by atomic mass is 10.1. The lowest BCUT2D eigenvalue weighted by molar-refractivity contribution is -0.122. The van der Waals surface area contributed by atoms with Crippen LogP contribution in [0.3, 0.4) is 0 Å². The number of aliphatic imine (C=N–C) groups is 1. The third-order valence-corrected chi connectivity index (χ3v) is 11.8. The van der Waals surface area contributed by atoms with Crippen LogP contribution in [0.2, 0.25) is 25.7 Å². The maximum atomic E-state index is 11.9. The number of fused-ring (bicyclic) bond motifs is 1. The predicted octanol–water partition coefficient (Wildman–Crippen LogP) is 12.7. The van der Waals surface area contributed by atoms with E-state index in [0.717, 1.165) is 22.6 Å². The number of rotatable bonds is 9. The molecule has 414 valence electrons. The third-order valence-electron chi connectivity index (χ3n) is 10.3. The van der Waals surface area contributed by atoms with Crippen molar-refractivity contribution in [3.63, 3.8) is 0 Å². The molecule has 0 bridgehead atoms. The number of ketones is 2. The Hall–Kier alpha value is -3.72. The monoisotopic (exact) mass is 1120 g/mol. The van der Waals surface area contributed by atoms with Gasteiger partial charge in [-0.3, -0.25) is 29.3 Å². The number of alkyl halides is 3. The molecule has 4 fully saturated rings. The van der Waals surface area contributed by atoms with Crippen molar-refractivity contribution in [2.75, 3.05) is 58.6 Å². The van der Waals surface area contributed by atoms with Gasteiger partial charge in [0.2, 0.25) is 2.86 Å². The molecule has 0 radical (unpaired) electrons. The molecule has 4 aromatic carbocycles. The van der Waals surface area contributed by atoms with Crippen LogP contribution in [-0.2, 0) is 35.8 Å². The molecule has 4 aromatic rings. The smallest absolute Gasteiger partial charge is 0.206 e. The van der Waals surface area contributed by atoms with Crippen molar-refractivity contribution in [3.8, 4) is 0 Å². The molecule has 74 heavy (non-hydrogen) atoms. The Kier molecular flexibility index (Phi) is 24.8. The zero-order valence-electron chi connectivity index (χ0n) is 60.8. The Morgan fingerprint density at radius 3 is 1.45 bits per heavy atom. The van der Waals surface area contributed by atoms with Gasteiger partial charge in [-0.2, -0.15) is 0 Å². The number of likely N-dealkylation sites (tertiary alicyclic amines) is 3. The number of halogens is 3. The number of carbonyl (C=O) groups excluding carboxylic acids is 2. The minimum Gasteiger partial charge on any atom is -0.412 e. The van der Waals surface area contributed by atoms with Crippen LogP contribution in [0, 0.1) is 0 Å². The molecule has 14 heteroatoms. The van der Waals surface area contributed by atoms with Crippen LogP contribution in [0.25, 0.3) is 0 Å². The number of aliphatic hydroxyl groups excluding tert-OH is 1. The van der Waals surface area contributed by atoms with E-state index in [0.29, 0.717) is 17.0 Å². The first-order valence-electron chi connectivity index (χ1n) is 33.2. The zero-order valence-corrected chi connectivity index (χ0v) is 45.1. The molecule has 0 spiro atoms. The Morgan fingerprint density at radius 2 is 1.08 bits per heavy atom. The minimum absolute atomic E-state index is 0. The molecule has 5 heterocycles. The number of hydrogen-bond acceptors (Lipinski definition) is 9. The molecular weight excluding hydrogens is 1000 g/mol. The molecule has 0 saturated carbocycles. The van der Waals surface area contributed by atoms with Crippen molar-refractivity contribution < 1.29 is 43.5 Å². The summed E-state index contributed by atoms with van der Waals surface area (Å²) >= 11 is 14.2. The van der Waals surface area contributed by atoms with Crippen LogP contribution < -0.4 is 5.73 Å². The van der Waals surface area contributed by atoms with Gasteiger partial charge >= 0.3 is 0 Å². The number of carbonyl (C=O) groups is 2. The van der Waals surface area contributed by atoms with Gasteiger partial charge in [0.25, 0.3) is 0 Å². The number of piperidine rings is 4. The average Bonchev–Trinajstić information content (AvgIpc) is 0.702. The number of amidine groups is 1. The average molecular weight is 1120 g/mol. The second-order valence-corrected chi connectivity index (χ2v) is 24.9. The van der Waals surface area contributed by atoms with Crippen molar-refractivity contribution in [3.05, 3.63) is 156 Å². The van der Waals surface area contributed by atoms with Crippen molar-refractivity contribution in [1.29, 1.82) is 2.86 Å². The Labute approximate surface area is 491 Å². The highest BCUT2D eigenvalue weighted by molar-refractivity contribution is 6.76. The summed E-state index contributed by atoms with van der Waals surface area (Å²) in [6.45, 7) is 1.42. The summed E-state index contributed by atoms with van der Waals surface area (Å²) in [4.78, 5) is 33.0. The van der Waals surface area contributed by atoms with Gasteiger partial charge in [0.05, 0.1) is 13.3 Å². The van der Waals surface area contributed by atoms with Crippen LogP contribution in [0.4, 0.5) is 0 Å². The number of nitrogens with zero attached hydrogens (tertiary/aromatic N) is 5. The quantitative estimate of drug-likeness (QED) is 0.0960. The second kappa shape index (κ2) is 42.4. The molecule has 0 atom stereocenters. The molecular formula is C60H95Cl3N6O4Si. The zero-order chi connectivity index (χ0) is 69.5. The van der Waals surface area contributed by atoms with Crippen molar-refractivity contribution >= 4 is 60.3 Å². The number of hydrogen-bond donors (Lipinski definition) is 2. The van der Waals surface area contributed by atoms with Crippen LogP contribution in [0.1, 0.15) is 125 Å². The first kappa shape index (κ1) is 43.3. The summed E-state index contributed by atoms with van der Waals surface area (Å²) in [6, 6.07) is 37.8. The number of benzene rings is 4. The minimum atomic E-state index is -3.17. The molecule has 0 unspecified atom stereocenters. The molecule has 0 aliphatic carbocycles. The van der Waals surface area contributed by atoms with Crippen molar-refractivity contribution in [1.82, 2.24) is 19.6 Å². The van der Waals surface area contributed by atoms with Gasteiger partial charge in [0.1, 0.15) is 11.6 Å².